The molecular weight excluding hydrogens is 173 g/mol. The maximum Gasteiger partial charge on any atom is 0.171 e. The van der Waals surface area contributed by atoms with Crippen LogP contribution in [-0.2, 0) is 6.42 Å². The van der Waals surface area contributed by atoms with E-state index in [-0.39, 0.29) is 24.2 Å². The molecule has 0 aliphatic carbocycles. The van der Waals surface area contributed by atoms with Gasteiger partial charge in [-0.3, -0.25) is 0 Å². The molecular formula is C9H8FNO2. The van der Waals surface area contributed by atoms with E-state index < -0.39 is 11.6 Å². The SMILES string of the molecule is N#CCCc1c(O)ccc(O)c1F. The van der Waals surface area contributed by atoms with Gasteiger partial charge in [-0.15, -0.1) is 0 Å². The summed E-state index contributed by atoms with van der Waals surface area (Å²) >= 11 is 0. The van der Waals surface area contributed by atoms with Crippen molar-refractivity contribution in [2.75, 3.05) is 0 Å². The van der Waals surface area contributed by atoms with E-state index in [0.29, 0.717) is 0 Å². The molecule has 1 rings (SSSR count). The molecule has 0 unspecified atom stereocenters. The van der Waals surface area contributed by atoms with E-state index in [4.69, 9.17) is 10.4 Å². The number of phenols is 2. The Balaban J connectivity index is 3.04. The van der Waals surface area contributed by atoms with Gasteiger partial charge in [0.1, 0.15) is 5.75 Å². The lowest BCUT2D eigenvalue weighted by Gasteiger charge is -2.04. The van der Waals surface area contributed by atoms with Gasteiger partial charge >= 0.3 is 0 Å². The molecule has 0 saturated heterocycles. The molecule has 13 heavy (non-hydrogen) atoms. The zero-order valence-corrected chi connectivity index (χ0v) is 6.79. The average Bonchev–Trinajstić information content (AvgIpc) is 2.12. The van der Waals surface area contributed by atoms with Crippen molar-refractivity contribution >= 4 is 0 Å². The summed E-state index contributed by atoms with van der Waals surface area (Å²) in [5, 5.41) is 26.4. The van der Waals surface area contributed by atoms with Gasteiger partial charge in [0.15, 0.2) is 11.6 Å². The van der Waals surface area contributed by atoms with Crippen LogP contribution in [0.15, 0.2) is 12.1 Å². The molecule has 2 N–H and O–H groups in total. The van der Waals surface area contributed by atoms with Crippen LogP contribution in [-0.4, -0.2) is 10.2 Å². The molecule has 0 aliphatic heterocycles. The normalized spacial score (nSPS) is 9.54. The van der Waals surface area contributed by atoms with Gasteiger partial charge < -0.3 is 10.2 Å². The number of hydrogen-bond donors (Lipinski definition) is 2. The first-order chi connectivity index (χ1) is 6.16. The zero-order valence-electron chi connectivity index (χ0n) is 6.79. The highest BCUT2D eigenvalue weighted by atomic mass is 19.1. The fraction of sp³-hybridized carbons (Fsp3) is 0.222. The Morgan fingerprint density at radius 2 is 1.92 bits per heavy atom. The summed E-state index contributed by atoms with van der Waals surface area (Å²) in [6.07, 6.45) is 0.205. The fourth-order valence-corrected chi connectivity index (χ4v) is 1.02. The van der Waals surface area contributed by atoms with Crippen LogP contribution in [0.3, 0.4) is 0 Å². The number of nitrogens with zero attached hydrogens (tertiary/aromatic N) is 1. The van der Waals surface area contributed by atoms with E-state index in [1.807, 2.05) is 6.07 Å². The van der Waals surface area contributed by atoms with E-state index in [2.05, 4.69) is 0 Å². The topological polar surface area (TPSA) is 64.2 Å². The van der Waals surface area contributed by atoms with Crippen molar-refractivity contribution in [1.82, 2.24) is 0 Å². The van der Waals surface area contributed by atoms with Crippen molar-refractivity contribution in [3.63, 3.8) is 0 Å². The summed E-state index contributed by atoms with van der Waals surface area (Å²) in [5.74, 6) is -1.59. The molecule has 0 amide bonds. The summed E-state index contributed by atoms with van der Waals surface area (Å²) in [4.78, 5) is 0. The number of halogens is 1. The quantitative estimate of drug-likeness (QED) is 0.682. The lowest BCUT2D eigenvalue weighted by molar-refractivity contribution is 0.413. The van der Waals surface area contributed by atoms with Crippen LogP contribution < -0.4 is 0 Å². The van der Waals surface area contributed by atoms with Crippen molar-refractivity contribution < 1.29 is 14.6 Å². The minimum absolute atomic E-state index is 0.0125. The van der Waals surface area contributed by atoms with Crippen LogP contribution in [0.2, 0.25) is 0 Å². The van der Waals surface area contributed by atoms with Gasteiger partial charge in [-0.2, -0.15) is 5.26 Å². The third-order valence-corrected chi connectivity index (χ3v) is 1.68. The summed E-state index contributed by atoms with van der Waals surface area (Å²) in [6, 6.07) is 4.10. The van der Waals surface area contributed by atoms with Crippen molar-refractivity contribution in [2.45, 2.75) is 12.8 Å². The van der Waals surface area contributed by atoms with Crippen LogP contribution in [0, 0.1) is 17.1 Å². The Morgan fingerprint density at radius 3 is 2.54 bits per heavy atom. The minimum atomic E-state index is -0.852. The molecule has 3 nitrogen and oxygen atoms in total. The highest BCUT2D eigenvalue weighted by Gasteiger charge is 2.11. The Bertz CT molecular complexity index is 357. The first kappa shape index (κ1) is 9.33. The third-order valence-electron chi connectivity index (χ3n) is 1.68. The maximum atomic E-state index is 13.1. The summed E-state index contributed by atoms with van der Waals surface area (Å²) in [6.45, 7) is 0. The second-order valence-corrected chi connectivity index (χ2v) is 2.55. The molecule has 0 bridgehead atoms. The van der Waals surface area contributed by atoms with E-state index in [0.717, 1.165) is 6.07 Å². The van der Waals surface area contributed by atoms with Gasteiger partial charge in [-0.05, 0) is 18.6 Å². The molecule has 0 fully saturated rings. The van der Waals surface area contributed by atoms with Gasteiger partial charge in [0, 0.05) is 12.0 Å². The standard InChI is InChI=1S/C9H8FNO2/c10-9-6(2-1-5-11)7(12)3-4-8(9)13/h3-4,12-13H,1-2H2. The van der Waals surface area contributed by atoms with Crippen LogP contribution >= 0.6 is 0 Å². The predicted molar refractivity (Wildman–Crippen MR) is 43.7 cm³/mol. The Labute approximate surface area is 74.7 Å². The fourth-order valence-electron chi connectivity index (χ4n) is 1.02. The molecule has 0 spiro atoms. The van der Waals surface area contributed by atoms with E-state index >= 15 is 0 Å². The Hall–Kier alpha value is -1.76. The maximum absolute atomic E-state index is 13.1. The van der Waals surface area contributed by atoms with E-state index in [9.17, 15) is 9.50 Å². The van der Waals surface area contributed by atoms with Gasteiger partial charge in [-0.25, -0.2) is 4.39 Å². The first-order valence-corrected chi connectivity index (χ1v) is 3.73. The second-order valence-electron chi connectivity index (χ2n) is 2.55. The number of rotatable bonds is 2. The van der Waals surface area contributed by atoms with Crippen molar-refractivity contribution in [3.8, 4) is 17.6 Å². The molecule has 0 aromatic heterocycles. The largest absolute Gasteiger partial charge is 0.508 e. The zero-order chi connectivity index (χ0) is 9.84. The minimum Gasteiger partial charge on any atom is -0.508 e. The second kappa shape index (κ2) is 3.76. The predicted octanol–water partition coefficient (Wildman–Crippen LogP) is 1.69. The van der Waals surface area contributed by atoms with Crippen molar-refractivity contribution in [1.29, 1.82) is 5.26 Å². The van der Waals surface area contributed by atoms with Crippen LogP contribution in [0.1, 0.15) is 12.0 Å². The smallest absolute Gasteiger partial charge is 0.171 e. The van der Waals surface area contributed by atoms with Crippen molar-refractivity contribution in [3.05, 3.63) is 23.5 Å². The third kappa shape index (κ3) is 1.88. The summed E-state index contributed by atoms with van der Waals surface area (Å²) < 4.78 is 13.1. The molecule has 68 valence electrons. The molecule has 0 atom stereocenters. The summed E-state index contributed by atoms with van der Waals surface area (Å²) in [5.41, 5.74) is -0.0125. The van der Waals surface area contributed by atoms with Crippen molar-refractivity contribution in [2.24, 2.45) is 0 Å². The lowest BCUT2D eigenvalue weighted by atomic mass is 10.1. The Kier molecular flexibility index (Phi) is 2.70. The lowest BCUT2D eigenvalue weighted by Crippen LogP contribution is -1.91. The first-order valence-electron chi connectivity index (χ1n) is 3.73. The van der Waals surface area contributed by atoms with E-state index in [1.165, 1.54) is 6.07 Å². The highest BCUT2D eigenvalue weighted by molar-refractivity contribution is 5.40. The molecule has 1 aromatic carbocycles. The molecule has 0 aliphatic rings. The van der Waals surface area contributed by atoms with Gasteiger partial charge in [-0.1, -0.05) is 0 Å². The van der Waals surface area contributed by atoms with Gasteiger partial charge in [0.25, 0.3) is 0 Å². The van der Waals surface area contributed by atoms with Crippen LogP contribution in [0.4, 0.5) is 4.39 Å². The number of hydrogen-bond acceptors (Lipinski definition) is 3. The van der Waals surface area contributed by atoms with E-state index in [1.54, 1.807) is 0 Å². The molecule has 4 heteroatoms. The molecule has 1 aromatic rings. The monoisotopic (exact) mass is 181 g/mol. The molecule has 0 radical (unpaired) electrons. The average molecular weight is 181 g/mol. The van der Waals surface area contributed by atoms with Crippen LogP contribution in [0.5, 0.6) is 11.5 Å². The van der Waals surface area contributed by atoms with Crippen LogP contribution in [0.25, 0.3) is 0 Å². The highest BCUT2D eigenvalue weighted by Crippen LogP contribution is 2.27. The van der Waals surface area contributed by atoms with Gasteiger partial charge in [0.2, 0.25) is 0 Å². The molecule has 0 heterocycles. The number of phenolic OH excluding ortho intramolecular Hbond substituents is 2. The summed E-state index contributed by atoms with van der Waals surface area (Å²) in [7, 11) is 0. The Morgan fingerprint density at radius 1 is 1.31 bits per heavy atom. The number of nitriles is 1. The molecule has 0 saturated carbocycles. The number of benzene rings is 1. The number of aromatic hydroxyl groups is 2. The van der Waals surface area contributed by atoms with Gasteiger partial charge in [0.05, 0.1) is 6.07 Å².